The first-order chi connectivity index (χ1) is 12.3. The van der Waals surface area contributed by atoms with Gasteiger partial charge in [0, 0.05) is 44.8 Å². The van der Waals surface area contributed by atoms with Crippen LogP contribution in [-0.2, 0) is 4.74 Å². The molecule has 2 aliphatic heterocycles. The Kier molecular flexibility index (Phi) is 4.65. The number of hydrogen-bond donors (Lipinski definition) is 0. The molecular weight excluding hydrogens is 318 g/mol. The number of aromatic nitrogens is 3. The van der Waals surface area contributed by atoms with E-state index in [0.717, 1.165) is 38.3 Å². The number of nitrogens with zero attached hydrogens (tertiary/aromatic N) is 5. The standard InChI is InChI=1S/C18H23N5O2/c24-18(22-7-2-3-15(13-22)23-8-6-19-14-23)16-4-1-5-20-17(16)21-9-11-25-12-10-21/h1,4-6,8,14-15H,2-3,7,9-13H2. The molecule has 7 heteroatoms. The third-order valence-electron chi connectivity index (χ3n) is 4.96. The molecule has 1 amide bonds. The van der Waals surface area contributed by atoms with Gasteiger partial charge in [-0.1, -0.05) is 0 Å². The average molecular weight is 341 g/mol. The quantitative estimate of drug-likeness (QED) is 0.848. The summed E-state index contributed by atoms with van der Waals surface area (Å²) in [6.45, 7) is 4.41. The van der Waals surface area contributed by atoms with Crippen LogP contribution in [0.15, 0.2) is 37.1 Å². The molecule has 2 aromatic rings. The van der Waals surface area contributed by atoms with E-state index in [2.05, 4.69) is 19.4 Å². The summed E-state index contributed by atoms with van der Waals surface area (Å²) < 4.78 is 7.52. The van der Waals surface area contributed by atoms with Crippen LogP contribution in [-0.4, -0.2) is 64.7 Å². The Labute approximate surface area is 147 Å². The number of hydrogen-bond acceptors (Lipinski definition) is 5. The normalized spacial score (nSPS) is 21.4. The van der Waals surface area contributed by atoms with Crippen LogP contribution in [0.25, 0.3) is 0 Å². The van der Waals surface area contributed by atoms with Gasteiger partial charge in [0.1, 0.15) is 5.82 Å². The topological polar surface area (TPSA) is 63.5 Å². The minimum atomic E-state index is 0.0689. The molecule has 1 atom stereocenters. The fourth-order valence-corrected chi connectivity index (χ4v) is 3.63. The Bertz CT molecular complexity index is 712. The fourth-order valence-electron chi connectivity index (χ4n) is 3.63. The minimum Gasteiger partial charge on any atom is -0.378 e. The van der Waals surface area contributed by atoms with Crippen LogP contribution >= 0.6 is 0 Å². The predicted molar refractivity (Wildman–Crippen MR) is 93.7 cm³/mol. The van der Waals surface area contributed by atoms with E-state index in [9.17, 15) is 4.79 Å². The van der Waals surface area contributed by atoms with E-state index in [1.807, 2.05) is 29.6 Å². The summed E-state index contributed by atoms with van der Waals surface area (Å²) >= 11 is 0. The molecule has 0 aliphatic carbocycles. The van der Waals surface area contributed by atoms with Crippen molar-refractivity contribution in [1.82, 2.24) is 19.4 Å². The molecule has 1 unspecified atom stereocenters. The molecule has 0 spiro atoms. The van der Waals surface area contributed by atoms with Gasteiger partial charge in [-0.05, 0) is 25.0 Å². The van der Waals surface area contributed by atoms with Gasteiger partial charge in [0.15, 0.2) is 0 Å². The van der Waals surface area contributed by atoms with Gasteiger partial charge in [-0.15, -0.1) is 0 Å². The van der Waals surface area contributed by atoms with Crippen molar-refractivity contribution in [2.24, 2.45) is 0 Å². The van der Waals surface area contributed by atoms with Crippen molar-refractivity contribution in [2.75, 3.05) is 44.3 Å². The predicted octanol–water partition coefficient (Wildman–Crippen LogP) is 1.59. The Morgan fingerprint density at radius 2 is 2.08 bits per heavy atom. The van der Waals surface area contributed by atoms with E-state index in [0.29, 0.717) is 31.4 Å². The number of morpholine rings is 1. The zero-order valence-corrected chi connectivity index (χ0v) is 14.3. The highest BCUT2D eigenvalue weighted by molar-refractivity contribution is 5.99. The van der Waals surface area contributed by atoms with Crippen LogP contribution in [0.5, 0.6) is 0 Å². The number of carbonyl (C=O) groups is 1. The zero-order chi connectivity index (χ0) is 17.1. The highest BCUT2D eigenvalue weighted by atomic mass is 16.5. The number of ether oxygens (including phenoxy) is 1. The highest BCUT2D eigenvalue weighted by Gasteiger charge is 2.28. The smallest absolute Gasteiger partial charge is 0.257 e. The van der Waals surface area contributed by atoms with Crippen LogP contribution in [0, 0.1) is 0 Å². The first kappa shape index (κ1) is 16.1. The van der Waals surface area contributed by atoms with E-state index in [1.54, 1.807) is 12.4 Å². The largest absolute Gasteiger partial charge is 0.378 e. The number of pyridine rings is 1. The molecule has 0 aromatic carbocycles. The Balaban J connectivity index is 1.54. The zero-order valence-electron chi connectivity index (χ0n) is 14.3. The molecule has 4 heterocycles. The van der Waals surface area contributed by atoms with Crippen molar-refractivity contribution in [1.29, 1.82) is 0 Å². The lowest BCUT2D eigenvalue weighted by molar-refractivity contribution is 0.0678. The van der Waals surface area contributed by atoms with Crippen molar-refractivity contribution >= 4 is 11.7 Å². The Hall–Kier alpha value is -2.41. The molecule has 4 rings (SSSR count). The molecule has 0 N–H and O–H groups in total. The summed E-state index contributed by atoms with van der Waals surface area (Å²) in [5.41, 5.74) is 0.690. The molecule has 2 aromatic heterocycles. The van der Waals surface area contributed by atoms with Gasteiger partial charge in [-0.25, -0.2) is 9.97 Å². The lowest BCUT2D eigenvalue weighted by atomic mass is 10.0. The highest BCUT2D eigenvalue weighted by Crippen LogP contribution is 2.25. The van der Waals surface area contributed by atoms with Gasteiger partial charge >= 0.3 is 0 Å². The SMILES string of the molecule is O=C(c1cccnc1N1CCOCC1)N1CCCC(n2ccnc2)C1. The number of carbonyl (C=O) groups excluding carboxylic acids is 1. The van der Waals surface area contributed by atoms with Gasteiger partial charge < -0.3 is 19.1 Å². The molecule has 0 bridgehead atoms. The molecule has 0 saturated carbocycles. The molecule has 2 aliphatic rings. The van der Waals surface area contributed by atoms with E-state index >= 15 is 0 Å². The summed E-state index contributed by atoms with van der Waals surface area (Å²) in [7, 11) is 0. The van der Waals surface area contributed by atoms with Crippen LogP contribution < -0.4 is 4.90 Å². The van der Waals surface area contributed by atoms with Crippen LogP contribution in [0.3, 0.4) is 0 Å². The van der Waals surface area contributed by atoms with Crippen LogP contribution in [0.2, 0.25) is 0 Å². The lowest BCUT2D eigenvalue weighted by Crippen LogP contribution is -2.42. The fraction of sp³-hybridized carbons (Fsp3) is 0.500. The number of piperidine rings is 1. The van der Waals surface area contributed by atoms with Crippen molar-refractivity contribution in [3.05, 3.63) is 42.6 Å². The molecule has 7 nitrogen and oxygen atoms in total. The number of anilines is 1. The van der Waals surface area contributed by atoms with E-state index in [4.69, 9.17) is 4.74 Å². The van der Waals surface area contributed by atoms with Crippen molar-refractivity contribution < 1.29 is 9.53 Å². The molecule has 0 radical (unpaired) electrons. The van der Waals surface area contributed by atoms with Gasteiger partial charge in [0.05, 0.1) is 31.1 Å². The van der Waals surface area contributed by atoms with Crippen molar-refractivity contribution in [2.45, 2.75) is 18.9 Å². The van der Waals surface area contributed by atoms with Crippen molar-refractivity contribution in [3.63, 3.8) is 0 Å². The van der Waals surface area contributed by atoms with Gasteiger partial charge in [0.25, 0.3) is 5.91 Å². The number of imidazole rings is 1. The number of amides is 1. The summed E-state index contributed by atoms with van der Waals surface area (Å²) in [4.78, 5) is 25.9. The van der Waals surface area contributed by atoms with E-state index in [1.165, 1.54) is 0 Å². The third-order valence-corrected chi connectivity index (χ3v) is 4.96. The lowest BCUT2D eigenvalue weighted by Gasteiger charge is -2.35. The second-order valence-corrected chi connectivity index (χ2v) is 6.53. The molecular formula is C18H23N5O2. The maximum absolute atomic E-state index is 13.2. The molecule has 2 saturated heterocycles. The maximum Gasteiger partial charge on any atom is 0.257 e. The molecule has 25 heavy (non-hydrogen) atoms. The molecule has 2 fully saturated rings. The Morgan fingerprint density at radius 3 is 2.88 bits per heavy atom. The van der Waals surface area contributed by atoms with E-state index < -0.39 is 0 Å². The third kappa shape index (κ3) is 3.37. The number of rotatable bonds is 3. The monoisotopic (exact) mass is 341 g/mol. The van der Waals surface area contributed by atoms with E-state index in [-0.39, 0.29) is 5.91 Å². The second-order valence-electron chi connectivity index (χ2n) is 6.53. The second kappa shape index (κ2) is 7.23. The first-order valence-corrected chi connectivity index (χ1v) is 8.87. The summed E-state index contributed by atoms with van der Waals surface area (Å²) in [6.07, 6.45) is 9.43. The summed E-state index contributed by atoms with van der Waals surface area (Å²) in [5, 5.41) is 0. The van der Waals surface area contributed by atoms with Crippen LogP contribution in [0.4, 0.5) is 5.82 Å². The van der Waals surface area contributed by atoms with Gasteiger partial charge in [-0.2, -0.15) is 0 Å². The minimum absolute atomic E-state index is 0.0689. The first-order valence-electron chi connectivity index (χ1n) is 8.87. The average Bonchev–Trinajstić information content (AvgIpc) is 3.23. The van der Waals surface area contributed by atoms with Gasteiger partial charge in [0.2, 0.25) is 0 Å². The maximum atomic E-state index is 13.2. The summed E-state index contributed by atoms with van der Waals surface area (Å²) in [6, 6.07) is 4.03. The van der Waals surface area contributed by atoms with Gasteiger partial charge in [-0.3, -0.25) is 4.79 Å². The van der Waals surface area contributed by atoms with Crippen molar-refractivity contribution in [3.8, 4) is 0 Å². The summed E-state index contributed by atoms with van der Waals surface area (Å²) in [5.74, 6) is 0.847. The Morgan fingerprint density at radius 1 is 1.20 bits per heavy atom. The van der Waals surface area contributed by atoms with Crippen LogP contribution in [0.1, 0.15) is 29.2 Å². The number of likely N-dealkylation sites (tertiary alicyclic amines) is 1. The molecule has 132 valence electrons.